The van der Waals surface area contributed by atoms with Gasteiger partial charge in [0.25, 0.3) is 5.91 Å². The van der Waals surface area contributed by atoms with Crippen molar-refractivity contribution in [2.45, 2.75) is 26.1 Å². The van der Waals surface area contributed by atoms with Crippen LogP contribution in [-0.4, -0.2) is 36.1 Å². The van der Waals surface area contributed by atoms with E-state index < -0.39 is 0 Å². The summed E-state index contributed by atoms with van der Waals surface area (Å²) in [6, 6.07) is 5.29. The molecule has 2 rings (SSSR count). The molecule has 2 N–H and O–H groups in total. The Balaban J connectivity index is 2.17. The average molecular weight is 313 g/mol. The molecule has 1 saturated heterocycles. The van der Waals surface area contributed by atoms with Crippen LogP contribution in [0.5, 0.6) is 0 Å². The Hall–Kier alpha value is -1.07. The zero-order chi connectivity index (χ0) is 13.3. The van der Waals surface area contributed by atoms with Crippen LogP contribution >= 0.6 is 15.9 Å². The average Bonchev–Trinajstić information content (AvgIpc) is 2.30. The number of carbonyl (C=O) groups is 1. The Labute approximate surface area is 115 Å². The first-order valence-electron chi connectivity index (χ1n) is 5.97. The van der Waals surface area contributed by atoms with Crippen molar-refractivity contribution < 1.29 is 9.53 Å². The summed E-state index contributed by atoms with van der Waals surface area (Å²) in [6.45, 7) is 5.20. The molecule has 1 aliphatic rings. The first kappa shape index (κ1) is 13.4. The smallest absolute Gasteiger partial charge is 0.254 e. The molecule has 1 heterocycles. The van der Waals surface area contributed by atoms with E-state index >= 15 is 0 Å². The molecule has 0 saturated carbocycles. The topological polar surface area (TPSA) is 55.6 Å². The van der Waals surface area contributed by atoms with E-state index in [1.54, 1.807) is 18.2 Å². The number of nitrogen functional groups attached to an aromatic ring is 1. The van der Waals surface area contributed by atoms with Gasteiger partial charge >= 0.3 is 0 Å². The Morgan fingerprint density at radius 1 is 1.39 bits per heavy atom. The van der Waals surface area contributed by atoms with E-state index in [-0.39, 0.29) is 18.1 Å². The molecule has 18 heavy (non-hydrogen) atoms. The highest BCUT2D eigenvalue weighted by molar-refractivity contribution is 9.10. The summed E-state index contributed by atoms with van der Waals surface area (Å²) in [5, 5.41) is 0. The Morgan fingerprint density at radius 2 is 2.00 bits per heavy atom. The Kier molecular flexibility index (Phi) is 3.92. The number of halogens is 1. The predicted octanol–water partition coefficient (Wildman–Crippen LogP) is 2.28. The lowest BCUT2D eigenvalue weighted by molar-refractivity contribution is -0.0586. The molecule has 2 atom stereocenters. The SMILES string of the molecule is CC1CN(C(=O)c2ccc(Br)c(N)c2)CC(C)O1. The summed E-state index contributed by atoms with van der Waals surface area (Å²) in [7, 11) is 0. The van der Waals surface area contributed by atoms with Gasteiger partial charge < -0.3 is 15.4 Å². The third-order valence-corrected chi connectivity index (χ3v) is 3.67. The molecule has 0 aliphatic carbocycles. The number of nitrogens with zero attached hydrogens (tertiary/aromatic N) is 1. The van der Waals surface area contributed by atoms with Gasteiger partial charge in [0.2, 0.25) is 0 Å². The second-order valence-electron chi connectivity index (χ2n) is 4.70. The first-order valence-corrected chi connectivity index (χ1v) is 6.76. The van der Waals surface area contributed by atoms with Crippen LogP contribution in [0.1, 0.15) is 24.2 Å². The van der Waals surface area contributed by atoms with Crippen molar-refractivity contribution in [1.29, 1.82) is 0 Å². The maximum Gasteiger partial charge on any atom is 0.254 e. The molecule has 1 aromatic rings. The van der Waals surface area contributed by atoms with Gasteiger partial charge in [0.15, 0.2) is 0 Å². The molecule has 0 aromatic heterocycles. The largest absolute Gasteiger partial charge is 0.398 e. The number of morpholine rings is 1. The first-order chi connectivity index (χ1) is 8.47. The second kappa shape index (κ2) is 5.28. The van der Waals surface area contributed by atoms with E-state index in [0.29, 0.717) is 24.3 Å². The minimum Gasteiger partial charge on any atom is -0.398 e. The fourth-order valence-corrected chi connectivity index (χ4v) is 2.45. The molecule has 1 aliphatic heterocycles. The van der Waals surface area contributed by atoms with Crippen LogP contribution in [0.15, 0.2) is 22.7 Å². The van der Waals surface area contributed by atoms with Crippen LogP contribution in [0.3, 0.4) is 0 Å². The third kappa shape index (κ3) is 2.84. The molecule has 2 unspecified atom stereocenters. The van der Waals surface area contributed by atoms with Gasteiger partial charge in [0, 0.05) is 28.8 Å². The van der Waals surface area contributed by atoms with Crippen LogP contribution in [0.4, 0.5) is 5.69 Å². The molecule has 1 aromatic carbocycles. The maximum absolute atomic E-state index is 12.4. The number of amides is 1. The monoisotopic (exact) mass is 312 g/mol. The van der Waals surface area contributed by atoms with Crippen molar-refractivity contribution in [1.82, 2.24) is 4.90 Å². The highest BCUT2D eigenvalue weighted by Crippen LogP contribution is 2.22. The Bertz CT molecular complexity index is 454. The summed E-state index contributed by atoms with van der Waals surface area (Å²) >= 11 is 3.32. The van der Waals surface area contributed by atoms with Crippen LogP contribution in [0.2, 0.25) is 0 Å². The lowest BCUT2D eigenvalue weighted by atomic mass is 10.1. The van der Waals surface area contributed by atoms with Crippen molar-refractivity contribution in [3.05, 3.63) is 28.2 Å². The van der Waals surface area contributed by atoms with E-state index in [1.807, 2.05) is 18.7 Å². The fourth-order valence-electron chi connectivity index (χ4n) is 2.20. The van der Waals surface area contributed by atoms with Gasteiger partial charge in [0.05, 0.1) is 12.2 Å². The third-order valence-electron chi connectivity index (χ3n) is 2.95. The standard InChI is InChI=1S/C13H17BrN2O2/c1-8-6-16(7-9(2)18-8)13(17)10-3-4-11(14)12(15)5-10/h3-5,8-9H,6-7,15H2,1-2H3. The molecular formula is C13H17BrN2O2. The molecule has 5 heteroatoms. The maximum atomic E-state index is 12.4. The lowest BCUT2D eigenvalue weighted by Gasteiger charge is -2.35. The molecule has 1 fully saturated rings. The summed E-state index contributed by atoms with van der Waals surface area (Å²) in [6.07, 6.45) is 0.149. The zero-order valence-electron chi connectivity index (χ0n) is 10.5. The predicted molar refractivity (Wildman–Crippen MR) is 74.5 cm³/mol. The number of ether oxygens (including phenoxy) is 1. The second-order valence-corrected chi connectivity index (χ2v) is 5.56. The van der Waals surface area contributed by atoms with Gasteiger partial charge in [-0.2, -0.15) is 0 Å². The lowest BCUT2D eigenvalue weighted by Crippen LogP contribution is -2.48. The van der Waals surface area contributed by atoms with Crippen molar-refractivity contribution >= 4 is 27.5 Å². The molecule has 0 radical (unpaired) electrons. The van der Waals surface area contributed by atoms with Crippen LogP contribution in [0.25, 0.3) is 0 Å². The van der Waals surface area contributed by atoms with E-state index in [4.69, 9.17) is 10.5 Å². The number of benzene rings is 1. The number of carbonyl (C=O) groups excluding carboxylic acids is 1. The van der Waals surface area contributed by atoms with Crippen LogP contribution in [-0.2, 0) is 4.74 Å². The number of hydrogen-bond donors (Lipinski definition) is 1. The fraction of sp³-hybridized carbons (Fsp3) is 0.462. The van der Waals surface area contributed by atoms with Gasteiger partial charge in [-0.1, -0.05) is 0 Å². The minimum absolute atomic E-state index is 0.0104. The number of nitrogens with two attached hydrogens (primary N) is 1. The van der Waals surface area contributed by atoms with Gasteiger partial charge in [-0.25, -0.2) is 0 Å². The number of rotatable bonds is 1. The normalized spacial score (nSPS) is 24.1. The van der Waals surface area contributed by atoms with Crippen molar-refractivity contribution in [2.24, 2.45) is 0 Å². The van der Waals surface area contributed by atoms with Crippen molar-refractivity contribution in [3.63, 3.8) is 0 Å². The highest BCUT2D eigenvalue weighted by Gasteiger charge is 2.26. The van der Waals surface area contributed by atoms with Crippen LogP contribution < -0.4 is 5.73 Å². The summed E-state index contributed by atoms with van der Waals surface area (Å²) in [4.78, 5) is 14.2. The Morgan fingerprint density at radius 3 is 2.56 bits per heavy atom. The number of anilines is 1. The van der Waals surface area contributed by atoms with E-state index in [9.17, 15) is 4.79 Å². The summed E-state index contributed by atoms with van der Waals surface area (Å²) in [5.74, 6) is 0.0104. The van der Waals surface area contributed by atoms with Crippen molar-refractivity contribution in [3.8, 4) is 0 Å². The molecule has 0 spiro atoms. The molecule has 0 bridgehead atoms. The minimum atomic E-state index is 0.0104. The highest BCUT2D eigenvalue weighted by atomic mass is 79.9. The summed E-state index contributed by atoms with van der Waals surface area (Å²) < 4.78 is 6.43. The quantitative estimate of drug-likeness (QED) is 0.809. The molecule has 1 amide bonds. The van der Waals surface area contributed by atoms with Crippen molar-refractivity contribution in [2.75, 3.05) is 18.8 Å². The van der Waals surface area contributed by atoms with Gasteiger partial charge in [0.1, 0.15) is 0 Å². The van der Waals surface area contributed by atoms with Gasteiger partial charge in [-0.3, -0.25) is 4.79 Å². The van der Waals surface area contributed by atoms with Crippen LogP contribution in [0, 0.1) is 0 Å². The molecule has 4 nitrogen and oxygen atoms in total. The van der Waals surface area contributed by atoms with E-state index in [2.05, 4.69) is 15.9 Å². The molecular weight excluding hydrogens is 296 g/mol. The molecule has 98 valence electrons. The van der Waals surface area contributed by atoms with E-state index in [1.165, 1.54) is 0 Å². The van der Waals surface area contributed by atoms with Gasteiger partial charge in [-0.15, -0.1) is 0 Å². The summed E-state index contributed by atoms with van der Waals surface area (Å²) in [5.41, 5.74) is 7.00. The van der Waals surface area contributed by atoms with E-state index in [0.717, 1.165) is 4.47 Å². The van der Waals surface area contributed by atoms with Gasteiger partial charge in [-0.05, 0) is 48.0 Å². The number of hydrogen-bond acceptors (Lipinski definition) is 3. The zero-order valence-corrected chi connectivity index (χ0v) is 12.1.